The van der Waals surface area contributed by atoms with E-state index in [-0.39, 0.29) is 29.3 Å². The van der Waals surface area contributed by atoms with Crippen LogP contribution in [-0.2, 0) is 30.2 Å². The van der Waals surface area contributed by atoms with Crippen molar-refractivity contribution >= 4 is 46.9 Å². The molecular weight excluding hydrogens is 1010 g/mol. The van der Waals surface area contributed by atoms with Crippen LogP contribution in [0.15, 0.2) is 122 Å². The molecule has 2 N–H and O–H groups in total. The van der Waals surface area contributed by atoms with Crippen molar-refractivity contribution in [3.05, 3.63) is 167 Å². The Morgan fingerprint density at radius 3 is 1.41 bits per heavy atom. The topological polar surface area (TPSA) is 186 Å². The van der Waals surface area contributed by atoms with Crippen LogP contribution in [0.5, 0.6) is 34.5 Å². The van der Waals surface area contributed by atoms with Gasteiger partial charge >= 0.3 is 0 Å². The van der Waals surface area contributed by atoms with Crippen LogP contribution in [0.2, 0.25) is 0 Å². The van der Waals surface area contributed by atoms with Gasteiger partial charge in [0, 0.05) is 28.1 Å². The van der Waals surface area contributed by atoms with Gasteiger partial charge < -0.3 is 43.9 Å². The number of hydrogen-bond acceptors (Lipinski definition) is 15. The van der Waals surface area contributed by atoms with Crippen molar-refractivity contribution in [1.82, 2.24) is 10.6 Å². The van der Waals surface area contributed by atoms with Crippen LogP contribution >= 0.6 is 35.1 Å². The summed E-state index contributed by atoms with van der Waals surface area (Å²) in [6.07, 6.45) is 6.03. The van der Waals surface area contributed by atoms with E-state index in [0.29, 0.717) is 98.1 Å². The molecule has 15 nitrogen and oxygen atoms in total. The molecular formula is C56H56ClN3O12S2. The molecule has 0 spiro atoms. The van der Waals surface area contributed by atoms with E-state index in [1.54, 1.807) is 97.3 Å². The van der Waals surface area contributed by atoms with Gasteiger partial charge in [-0.3, -0.25) is 19.2 Å². The zero-order valence-corrected chi connectivity index (χ0v) is 44.6. The number of ether oxygens (including phenoxy) is 6. The molecule has 0 radical (unpaired) electrons. The van der Waals surface area contributed by atoms with Gasteiger partial charge in [0.1, 0.15) is 6.61 Å². The van der Waals surface area contributed by atoms with Crippen LogP contribution in [0.25, 0.3) is 22.3 Å². The smallest absolute Gasteiger partial charge is 0.251 e. The lowest BCUT2D eigenvalue weighted by Gasteiger charge is -2.20. The highest BCUT2D eigenvalue weighted by Crippen LogP contribution is 2.52. The number of nitrogens with zero attached hydrogens (tertiary/aromatic N) is 1. The highest BCUT2D eigenvalue weighted by atomic mass is 35.5. The van der Waals surface area contributed by atoms with Crippen LogP contribution in [0.3, 0.4) is 0 Å². The standard InChI is InChI=1S/C28H28ClNO5S.C28H28N2O7S/c1-33-23-13-17-8-10-21(30-28(32)18-7-5-6-16(12-18)15-29)20-14-22(31)24(36-4)11-9-19(20)25(17)27(35-3)26(23)34-2;1-34-23-13-17-8-10-21(29-28(32)18-7-5-6-16(12-18)15-37-30-33)20-14-22(31)24(38-4)11-9-19(20)25(17)27(36-3)26(23)35-2/h5-7,9,11-14,21H,8,10,15H2,1-4H3,(H,30,32);5-7,9,11-14,21H,8,10,15H2,1-4H3,(H,29,32)/t2*21-/m00/s1. The summed E-state index contributed by atoms with van der Waals surface area (Å²) >= 11 is 8.72. The van der Waals surface area contributed by atoms with E-state index in [4.69, 9.17) is 40.0 Å². The van der Waals surface area contributed by atoms with Crippen molar-refractivity contribution < 1.29 is 42.8 Å². The van der Waals surface area contributed by atoms with Gasteiger partial charge in [0.15, 0.2) is 39.2 Å². The maximum Gasteiger partial charge on any atom is 0.251 e. The molecule has 0 bridgehead atoms. The highest BCUT2D eigenvalue weighted by molar-refractivity contribution is 7.98. The maximum absolute atomic E-state index is 13.4. The van der Waals surface area contributed by atoms with Gasteiger partial charge in [-0.1, -0.05) is 36.4 Å². The molecule has 6 aromatic rings. The third-order valence-electron chi connectivity index (χ3n) is 12.9. The summed E-state index contributed by atoms with van der Waals surface area (Å²) < 4.78 is 34.1. The molecule has 0 aromatic heterocycles. The number of rotatable bonds is 16. The molecule has 0 saturated heterocycles. The number of nitrogens with one attached hydrogen (secondary N) is 2. The number of hydrogen-bond donors (Lipinski definition) is 2. The Morgan fingerprint density at radius 1 is 0.581 bits per heavy atom. The molecule has 74 heavy (non-hydrogen) atoms. The van der Waals surface area contributed by atoms with E-state index < -0.39 is 12.1 Å². The molecule has 18 heteroatoms. The van der Waals surface area contributed by atoms with E-state index in [2.05, 4.69) is 20.8 Å². The van der Waals surface area contributed by atoms with Gasteiger partial charge in [-0.15, -0.1) is 40.0 Å². The maximum atomic E-state index is 13.4. The lowest BCUT2D eigenvalue weighted by atomic mass is 9.95. The van der Waals surface area contributed by atoms with Gasteiger partial charge in [-0.25, -0.2) is 0 Å². The van der Waals surface area contributed by atoms with Gasteiger partial charge in [-0.05, 0) is 143 Å². The summed E-state index contributed by atoms with van der Waals surface area (Å²) in [6.45, 7) is -0.0392. The predicted molar refractivity (Wildman–Crippen MR) is 289 cm³/mol. The molecule has 0 fully saturated rings. The molecule has 0 unspecified atom stereocenters. The zero-order chi connectivity index (χ0) is 53.1. The number of carbonyl (C=O) groups is 2. The Morgan fingerprint density at radius 2 is 1.01 bits per heavy atom. The van der Waals surface area contributed by atoms with Crippen LogP contribution in [0.1, 0.15) is 79.0 Å². The Labute approximate surface area is 442 Å². The number of alkyl halides is 1. The Balaban J connectivity index is 0.000000217. The third kappa shape index (κ3) is 11.6. The molecule has 2 amide bonds. The van der Waals surface area contributed by atoms with Crippen molar-refractivity contribution in [2.75, 3.05) is 55.2 Å². The average molecular weight is 1060 g/mol. The normalized spacial score (nSPS) is 14.0. The predicted octanol–water partition coefficient (Wildman–Crippen LogP) is 10.7. The monoisotopic (exact) mass is 1060 g/mol. The van der Waals surface area contributed by atoms with Crippen molar-refractivity contribution in [1.29, 1.82) is 0 Å². The lowest BCUT2D eigenvalue weighted by molar-refractivity contribution is 0.0926. The Bertz CT molecular complexity index is 3210. The first kappa shape index (κ1) is 54.6. The summed E-state index contributed by atoms with van der Waals surface area (Å²) in [5.74, 6) is 2.81. The minimum Gasteiger partial charge on any atom is -0.493 e. The van der Waals surface area contributed by atoms with E-state index in [0.717, 1.165) is 44.5 Å². The van der Waals surface area contributed by atoms with Crippen molar-refractivity contribution in [3.63, 3.8) is 0 Å². The molecule has 2 atom stereocenters. The molecule has 386 valence electrons. The second-order valence-corrected chi connectivity index (χ2v) is 18.9. The molecule has 0 aliphatic heterocycles. The van der Waals surface area contributed by atoms with Gasteiger partial charge in [-0.2, -0.15) is 0 Å². The summed E-state index contributed by atoms with van der Waals surface area (Å²) in [7, 11) is 9.41. The second kappa shape index (κ2) is 25.1. The van der Waals surface area contributed by atoms with Crippen LogP contribution in [0.4, 0.5) is 0 Å². The number of benzene rings is 4. The highest BCUT2D eigenvalue weighted by Gasteiger charge is 2.32. The number of methoxy groups -OCH3 is 6. The Hall–Kier alpha value is -7.21. The van der Waals surface area contributed by atoms with Gasteiger partial charge in [0.2, 0.25) is 11.5 Å². The molecule has 0 saturated carbocycles. The number of aryl methyl sites for hydroxylation is 2. The summed E-state index contributed by atoms with van der Waals surface area (Å²) in [6, 6.07) is 27.6. The number of amides is 2. The summed E-state index contributed by atoms with van der Waals surface area (Å²) in [5.41, 5.74) is 8.69. The second-order valence-electron chi connectivity index (χ2n) is 16.9. The van der Waals surface area contributed by atoms with Crippen molar-refractivity contribution in [2.24, 2.45) is 5.34 Å². The minimum absolute atomic E-state index is 0.0392. The summed E-state index contributed by atoms with van der Waals surface area (Å²) in [5, 5.41) is 8.68. The number of carbonyl (C=O) groups excluding carboxylic acids is 2. The number of fused-ring (bicyclic) bond motifs is 6. The quantitative estimate of drug-likeness (QED) is 0.0403. The SMILES string of the molecule is COc1cc2c(c(OC)c1OC)-c1ccc(SC)c(=O)cc1[C@@H](NC(=O)c1cccc(CCl)c1)CC2.COc1cc2c(c(OC)c1OC)-c1ccc(SC)c(=O)cc1[C@@H](NC(=O)c1cccc(CON=O)c1)CC2. The number of thioether (sulfide) groups is 2. The van der Waals surface area contributed by atoms with Crippen LogP contribution in [0, 0.1) is 4.91 Å². The van der Waals surface area contributed by atoms with E-state index in [1.807, 2.05) is 55.0 Å². The first-order chi connectivity index (χ1) is 35.9. The third-order valence-corrected chi connectivity index (χ3v) is 14.7. The van der Waals surface area contributed by atoms with E-state index in [9.17, 15) is 24.1 Å². The van der Waals surface area contributed by atoms with Crippen LogP contribution < -0.4 is 49.9 Å². The van der Waals surface area contributed by atoms with Gasteiger partial charge in [0.05, 0.1) is 64.5 Å². The van der Waals surface area contributed by atoms with Crippen LogP contribution in [-0.4, -0.2) is 67.0 Å². The van der Waals surface area contributed by atoms with Crippen molar-refractivity contribution in [3.8, 4) is 56.8 Å². The summed E-state index contributed by atoms with van der Waals surface area (Å²) in [4.78, 5) is 68.9. The average Bonchev–Trinajstić information content (AvgIpc) is 3.83. The fourth-order valence-corrected chi connectivity index (χ4v) is 10.5. The lowest BCUT2D eigenvalue weighted by Crippen LogP contribution is -2.29. The zero-order valence-electron chi connectivity index (χ0n) is 42.2. The van der Waals surface area contributed by atoms with Gasteiger partial charge in [0.25, 0.3) is 11.8 Å². The Kier molecular flexibility index (Phi) is 18.5. The molecule has 2 aliphatic carbocycles. The van der Waals surface area contributed by atoms with Crippen molar-refractivity contribution in [2.45, 2.75) is 60.0 Å². The first-order valence-electron chi connectivity index (χ1n) is 23.3. The molecule has 0 heterocycles. The van der Waals surface area contributed by atoms with E-state index in [1.165, 1.54) is 23.5 Å². The fourth-order valence-electron chi connectivity index (χ4n) is 9.42. The largest absolute Gasteiger partial charge is 0.493 e. The first-order valence-corrected chi connectivity index (χ1v) is 26.3. The minimum atomic E-state index is -0.474. The fraction of sp³-hybridized carbons (Fsp3) is 0.286. The molecule has 6 aromatic carbocycles. The number of halogens is 1. The van der Waals surface area contributed by atoms with E-state index >= 15 is 0 Å². The molecule has 8 rings (SSSR count). The molecule has 2 aliphatic rings.